The zero-order valence-electron chi connectivity index (χ0n) is 7.12. The molecule has 12 heavy (non-hydrogen) atoms. The van der Waals surface area contributed by atoms with Crippen molar-refractivity contribution in [1.82, 2.24) is 0 Å². The van der Waals surface area contributed by atoms with Gasteiger partial charge in [0.25, 0.3) is 0 Å². The lowest BCUT2D eigenvalue weighted by molar-refractivity contribution is -0.104. The SMILES string of the molecule is CC(C=O)=CCCc1ccoc1. The van der Waals surface area contributed by atoms with Crippen molar-refractivity contribution in [3.8, 4) is 0 Å². The molecule has 0 aliphatic carbocycles. The Morgan fingerprint density at radius 2 is 2.50 bits per heavy atom. The van der Waals surface area contributed by atoms with E-state index < -0.39 is 0 Å². The third kappa shape index (κ3) is 2.74. The van der Waals surface area contributed by atoms with Crippen molar-refractivity contribution in [2.45, 2.75) is 19.8 Å². The molecule has 0 amide bonds. The first kappa shape index (κ1) is 8.78. The minimum atomic E-state index is 0.790. The highest BCUT2D eigenvalue weighted by atomic mass is 16.3. The van der Waals surface area contributed by atoms with Crippen molar-refractivity contribution < 1.29 is 9.21 Å². The quantitative estimate of drug-likeness (QED) is 0.505. The van der Waals surface area contributed by atoms with Crippen LogP contribution in [0, 0.1) is 0 Å². The first-order valence-electron chi connectivity index (χ1n) is 3.96. The number of aldehydes is 1. The number of aryl methyl sites for hydroxylation is 1. The molecule has 0 aromatic carbocycles. The number of allylic oxidation sites excluding steroid dienone is 2. The van der Waals surface area contributed by atoms with Gasteiger partial charge < -0.3 is 4.42 Å². The number of carbonyl (C=O) groups excluding carboxylic acids is 1. The first-order chi connectivity index (χ1) is 5.83. The van der Waals surface area contributed by atoms with E-state index in [1.165, 1.54) is 5.56 Å². The summed E-state index contributed by atoms with van der Waals surface area (Å²) in [4.78, 5) is 10.2. The lowest BCUT2D eigenvalue weighted by Crippen LogP contribution is -1.81. The Balaban J connectivity index is 2.32. The van der Waals surface area contributed by atoms with E-state index in [4.69, 9.17) is 4.42 Å². The fourth-order valence-electron chi connectivity index (χ4n) is 0.950. The average Bonchev–Trinajstić information content (AvgIpc) is 2.57. The summed E-state index contributed by atoms with van der Waals surface area (Å²) in [5, 5.41) is 0. The summed E-state index contributed by atoms with van der Waals surface area (Å²) >= 11 is 0. The lowest BCUT2D eigenvalue weighted by atomic mass is 10.1. The van der Waals surface area contributed by atoms with Gasteiger partial charge >= 0.3 is 0 Å². The molecule has 0 aliphatic heterocycles. The highest BCUT2D eigenvalue weighted by molar-refractivity contribution is 5.71. The van der Waals surface area contributed by atoms with Crippen molar-refractivity contribution >= 4 is 6.29 Å². The monoisotopic (exact) mass is 164 g/mol. The summed E-state index contributed by atoms with van der Waals surface area (Å²) < 4.78 is 4.91. The zero-order chi connectivity index (χ0) is 8.81. The van der Waals surface area contributed by atoms with Gasteiger partial charge in [0.2, 0.25) is 0 Å². The molecule has 0 saturated heterocycles. The number of carbonyl (C=O) groups is 1. The van der Waals surface area contributed by atoms with Crippen molar-refractivity contribution in [2.24, 2.45) is 0 Å². The Morgan fingerprint density at radius 3 is 3.08 bits per heavy atom. The van der Waals surface area contributed by atoms with Crippen molar-refractivity contribution in [2.75, 3.05) is 0 Å². The second-order valence-corrected chi connectivity index (χ2v) is 2.74. The molecule has 0 fully saturated rings. The minimum absolute atomic E-state index is 0.790. The highest BCUT2D eigenvalue weighted by Crippen LogP contribution is 2.04. The van der Waals surface area contributed by atoms with Crippen LogP contribution in [-0.4, -0.2) is 6.29 Å². The summed E-state index contributed by atoms with van der Waals surface area (Å²) in [7, 11) is 0. The molecule has 1 heterocycles. The number of furan rings is 1. The Kier molecular flexibility index (Phi) is 3.33. The van der Waals surface area contributed by atoms with Gasteiger partial charge in [-0.15, -0.1) is 0 Å². The van der Waals surface area contributed by atoms with Gasteiger partial charge in [0.1, 0.15) is 6.29 Å². The van der Waals surface area contributed by atoms with Crippen LogP contribution in [0.3, 0.4) is 0 Å². The van der Waals surface area contributed by atoms with E-state index in [0.29, 0.717) is 0 Å². The van der Waals surface area contributed by atoms with Gasteiger partial charge in [-0.05, 0) is 37.0 Å². The molecular formula is C10H12O2. The van der Waals surface area contributed by atoms with Crippen LogP contribution < -0.4 is 0 Å². The fourth-order valence-corrected chi connectivity index (χ4v) is 0.950. The molecular weight excluding hydrogens is 152 g/mol. The summed E-state index contributed by atoms with van der Waals surface area (Å²) in [6.45, 7) is 1.81. The molecule has 2 nitrogen and oxygen atoms in total. The minimum Gasteiger partial charge on any atom is -0.472 e. The third-order valence-corrected chi connectivity index (χ3v) is 1.67. The number of hydrogen-bond acceptors (Lipinski definition) is 2. The Morgan fingerprint density at radius 1 is 1.67 bits per heavy atom. The van der Waals surface area contributed by atoms with Crippen molar-refractivity contribution in [3.05, 3.63) is 35.8 Å². The van der Waals surface area contributed by atoms with Crippen LogP contribution in [0.15, 0.2) is 34.7 Å². The molecule has 64 valence electrons. The van der Waals surface area contributed by atoms with E-state index >= 15 is 0 Å². The number of hydrogen-bond donors (Lipinski definition) is 0. The van der Waals surface area contributed by atoms with Crippen LogP contribution in [0.5, 0.6) is 0 Å². The average molecular weight is 164 g/mol. The molecule has 0 aliphatic rings. The Bertz CT molecular complexity index is 257. The van der Waals surface area contributed by atoms with Gasteiger partial charge in [0, 0.05) is 0 Å². The molecule has 1 aromatic heterocycles. The Labute approximate surface area is 71.9 Å². The van der Waals surface area contributed by atoms with E-state index in [0.717, 1.165) is 24.7 Å². The second-order valence-electron chi connectivity index (χ2n) is 2.74. The molecule has 0 atom stereocenters. The van der Waals surface area contributed by atoms with E-state index in [1.807, 2.05) is 19.1 Å². The third-order valence-electron chi connectivity index (χ3n) is 1.67. The molecule has 0 N–H and O–H groups in total. The molecule has 0 saturated carbocycles. The maximum absolute atomic E-state index is 10.2. The largest absolute Gasteiger partial charge is 0.472 e. The van der Waals surface area contributed by atoms with E-state index in [-0.39, 0.29) is 0 Å². The maximum Gasteiger partial charge on any atom is 0.145 e. The summed E-state index contributed by atoms with van der Waals surface area (Å²) in [5.41, 5.74) is 1.96. The van der Waals surface area contributed by atoms with E-state index in [1.54, 1.807) is 12.5 Å². The van der Waals surface area contributed by atoms with E-state index in [9.17, 15) is 4.79 Å². The van der Waals surface area contributed by atoms with E-state index in [2.05, 4.69) is 0 Å². The smallest absolute Gasteiger partial charge is 0.145 e. The van der Waals surface area contributed by atoms with Crippen LogP contribution in [0.4, 0.5) is 0 Å². The van der Waals surface area contributed by atoms with Crippen LogP contribution >= 0.6 is 0 Å². The standard InChI is InChI=1S/C10H12O2/c1-9(7-11)3-2-4-10-5-6-12-8-10/h3,5-8H,2,4H2,1H3. The maximum atomic E-state index is 10.2. The van der Waals surface area contributed by atoms with Gasteiger partial charge in [-0.2, -0.15) is 0 Å². The Hall–Kier alpha value is -1.31. The van der Waals surface area contributed by atoms with Gasteiger partial charge in [-0.1, -0.05) is 6.08 Å². The molecule has 0 unspecified atom stereocenters. The molecule has 1 aromatic rings. The highest BCUT2D eigenvalue weighted by Gasteiger charge is 1.91. The van der Waals surface area contributed by atoms with Gasteiger partial charge in [-0.25, -0.2) is 0 Å². The molecule has 2 heteroatoms. The molecule has 0 spiro atoms. The predicted molar refractivity (Wildman–Crippen MR) is 46.9 cm³/mol. The van der Waals surface area contributed by atoms with Crippen LogP contribution in [0.25, 0.3) is 0 Å². The molecule has 1 rings (SSSR count). The van der Waals surface area contributed by atoms with Crippen LogP contribution in [0.2, 0.25) is 0 Å². The zero-order valence-corrected chi connectivity index (χ0v) is 7.12. The van der Waals surface area contributed by atoms with Gasteiger partial charge in [0.15, 0.2) is 0 Å². The molecule has 0 bridgehead atoms. The van der Waals surface area contributed by atoms with Crippen molar-refractivity contribution in [1.29, 1.82) is 0 Å². The summed E-state index contributed by atoms with van der Waals surface area (Å²) in [6, 6.07) is 1.93. The molecule has 0 radical (unpaired) electrons. The number of rotatable bonds is 4. The van der Waals surface area contributed by atoms with Gasteiger partial charge in [-0.3, -0.25) is 4.79 Å². The van der Waals surface area contributed by atoms with Crippen LogP contribution in [0.1, 0.15) is 18.9 Å². The second kappa shape index (κ2) is 4.54. The van der Waals surface area contributed by atoms with Gasteiger partial charge in [0.05, 0.1) is 12.5 Å². The predicted octanol–water partition coefficient (Wildman–Crippen LogP) is 2.36. The summed E-state index contributed by atoms with van der Waals surface area (Å²) in [5.74, 6) is 0. The fraction of sp³-hybridized carbons (Fsp3) is 0.300. The topological polar surface area (TPSA) is 30.2 Å². The normalized spacial score (nSPS) is 11.6. The first-order valence-corrected chi connectivity index (χ1v) is 3.96. The van der Waals surface area contributed by atoms with Crippen LogP contribution in [-0.2, 0) is 11.2 Å². The lowest BCUT2D eigenvalue weighted by Gasteiger charge is -1.90. The summed E-state index contributed by atoms with van der Waals surface area (Å²) in [6.07, 6.45) is 8.01. The van der Waals surface area contributed by atoms with Crippen molar-refractivity contribution in [3.63, 3.8) is 0 Å².